The monoisotopic (exact) mass is 203 g/mol. The molecule has 0 atom stereocenters. The normalized spacial score (nSPS) is 11.6. The number of anilines is 1. The second-order valence-corrected chi connectivity index (χ2v) is 3.74. The molecule has 1 aromatic carbocycles. The zero-order valence-electron chi connectivity index (χ0n) is 9.45. The van der Waals surface area contributed by atoms with Crippen molar-refractivity contribution < 1.29 is 4.79 Å². The highest BCUT2D eigenvalue weighted by Crippen LogP contribution is 2.17. The smallest absolute Gasteiger partial charge is 0.150 e. The summed E-state index contributed by atoms with van der Waals surface area (Å²) in [5.74, 6) is 0. The molecule has 0 fully saturated rings. The van der Waals surface area contributed by atoms with E-state index in [1.54, 1.807) is 0 Å². The van der Waals surface area contributed by atoms with Crippen molar-refractivity contribution in [2.24, 2.45) is 0 Å². The van der Waals surface area contributed by atoms with Crippen LogP contribution in [-0.2, 0) is 4.79 Å². The van der Waals surface area contributed by atoms with Crippen molar-refractivity contribution in [3.63, 3.8) is 0 Å². The van der Waals surface area contributed by atoms with Crippen LogP contribution in [0.25, 0.3) is 5.57 Å². The highest BCUT2D eigenvalue weighted by atomic mass is 16.1. The molecule has 15 heavy (non-hydrogen) atoms. The number of aldehydes is 1. The van der Waals surface area contributed by atoms with Crippen LogP contribution in [0.2, 0.25) is 0 Å². The summed E-state index contributed by atoms with van der Waals surface area (Å²) in [7, 11) is 0. The standard InChI is InChI=1S/C13H17NO/c1-4-11(9-15)12-6-5-7-13(8-12)14-10(2)3/h4-10,14H,1-3H3/b11-4-. The molecule has 0 radical (unpaired) electrons. The molecule has 0 heterocycles. The van der Waals surface area contributed by atoms with Crippen molar-refractivity contribution in [2.45, 2.75) is 26.8 Å². The van der Waals surface area contributed by atoms with Crippen molar-refractivity contribution in [3.8, 4) is 0 Å². The first-order valence-corrected chi connectivity index (χ1v) is 5.16. The van der Waals surface area contributed by atoms with Crippen LogP contribution in [0, 0.1) is 0 Å². The van der Waals surface area contributed by atoms with Crippen LogP contribution >= 0.6 is 0 Å². The lowest BCUT2D eigenvalue weighted by atomic mass is 10.1. The summed E-state index contributed by atoms with van der Waals surface area (Å²) in [6, 6.07) is 8.28. The average Bonchev–Trinajstić information content (AvgIpc) is 2.19. The lowest BCUT2D eigenvalue weighted by Crippen LogP contribution is -2.09. The first-order chi connectivity index (χ1) is 7.17. The fraction of sp³-hybridized carbons (Fsp3) is 0.308. The van der Waals surface area contributed by atoms with Gasteiger partial charge in [0, 0.05) is 17.3 Å². The van der Waals surface area contributed by atoms with Gasteiger partial charge in [0.25, 0.3) is 0 Å². The van der Waals surface area contributed by atoms with Crippen LogP contribution in [0.3, 0.4) is 0 Å². The summed E-state index contributed by atoms with van der Waals surface area (Å²) in [4.78, 5) is 10.8. The summed E-state index contributed by atoms with van der Waals surface area (Å²) in [5.41, 5.74) is 2.73. The van der Waals surface area contributed by atoms with E-state index >= 15 is 0 Å². The third-order valence-corrected chi connectivity index (χ3v) is 2.09. The van der Waals surface area contributed by atoms with Gasteiger partial charge in [-0.25, -0.2) is 0 Å². The van der Waals surface area contributed by atoms with E-state index in [9.17, 15) is 4.79 Å². The molecule has 0 aromatic heterocycles. The molecule has 0 aliphatic carbocycles. The van der Waals surface area contributed by atoms with Gasteiger partial charge in [0.1, 0.15) is 6.29 Å². The summed E-state index contributed by atoms with van der Waals surface area (Å²) in [5, 5.41) is 3.31. The third-order valence-electron chi connectivity index (χ3n) is 2.09. The van der Waals surface area contributed by atoms with Crippen LogP contribution in [-0.4, -0.2) is 12.3 Å². The van der Waals surface area contributed by atoms with E-state index in [1.165, 1.54) is 0 Å². The zero-order chi connectivity index (χ0) is 11.3. The Kier molecular flexibility index (Phi) is 4.10. The van der Waals surface area contributed by atoms with Gasteiger partial charge in [-0.2, -0.15) is 0 Å². The van der Waals surface area contributed by atoms with Crippen molar-refractivity contribution in [1.29, 1.82) is 0 Å². The van der Waals surface area contributed by atoms with E-state index in [-0.39, 0.29) is 0 Å². The van der Waals surface area contributed by atoms with Gasteiger partial charge in [-0.1, -0.05) is 18.2 Å². The number of allylic oxidation sites excluding steroid dienone is 2. The molecule has 1 N–H and O–H groups in total. The highest BCUT2D eigenvalue weighted by molar-refractivity contribution is 6.06. The predicted molar refractivity (Wildman–Crippen MR) is 64.9 cm³/mol. The highest BCUT2D eigenvalue weighted by Gasteiger charge is 2.01. The van der Waals surface area contributed by atoms with Gasteiger partial charge in [0.05, 0.1) is 0 Å². The molecule has 2 nitrogen and oxygen atoms in total. The Morgan fingerprint density at radius 2 is 2.13 bits per heavy atom. The van der Waals surface area contributed by atoms with E-state index < -0.39 is 0 Å². The van der Waals surface area contributed by atoms with E-state index in [1.807, 2.05) is 37.3 Å². The first kappa shape index (κ1) is 11.5. The van der Waals surface area contributed by atoms with Gasteiger partial charge in [-0.15, -0.1) is 0 Å². The Hall–Kier alpha value is -1.57. The second kappa shape index (κ2) is 5.35. The molecule has 0 aliphatic rings. The molecule has 0 aliphatic heterocycles. The molecule has 1 aromatic rings. The predicted octanol–water partition coefficient (Wildman–Crippen LogP) is 3.11. The number of rotatable bonds is 4. The maximum absolute atomic E-state index is 10.8. The largest absolute Gasteiger partial charge is 0.383 e. The minimum atomic E-state index is 0.394. The third kappa shape index (κ3) is 3.24. The van der Waals surface area contributed by atoms with Gasteiger partial charge in [-0.3, -0.25) is 4.79 Å². The van der Waals surface area contributed by atoms with Crippen LogP contribution in [0.15, 0.2) is 30.3 Å². The lowest BCUT2D eigenvalue weighted by Gasteiger charge is -2.11. The Morgan fingerprint density at radius 1 is 1.40 bits per heavy atom. The van der Waals surface area contributed by atoms with E-state index in [0.29, 0.717) is 6.04 Å². The molecular weight excluding hydrogens is 186 g/mol. The molecule has 80 valence electrons. The lowest BCUT2D eigenvalue weighted by molar-refractivity contribution is -0.103. The van der Waals surface area contributed by atoms with E-state index in [2.05, 4.69) is 19.2 Å². The van der Waals surface area contributed by atoms with Crippen molar-refractivity contribution in [2.75, 3.05) is 5.32 Å². The zero-order valence-corrected chi connectivity index (χ0v) is 9.45. The van der Waals surface area contributed by atoms with E-state index in [0.717, 1.165) is 23.1 Å². The van der Waals surface area contributed by atoms with Crippen LogP contribution < -0.4 is 5.32 Å². The quantitative estimate of drug-likeness (QED) is 0.601. The molecular formula is C13H17NO. The minimum absolute atomic E-state index is 0.394. The average molecular weight is 203 g/mol. The number of hydrogen-bond acceptors (Lipinski definition) is 2. The van der Waals surface area contributed by atoms with Crippen molar-refractivity contribution in [1.82, 2.24) is 0 Å². The van der Waals surface area contributed by atoms with Gasteiger partial charge in [0.15, 0.2) is 0 Å². The minimum Gasteiger partial charge on any atom is -0.383 e. The molecule has 0 saturated heterocycles. The summed E-state index contributed by atoms with van der Waals surface area (Å²) in [6.07, 6.45) is 2.70. The fourth-order valence-corrected chi connectivity index (χ4v) is 1.42. The molecule has 0 amide bonds. The number of carbonyl (C=O) groups is 1. The van der Waals surface area contributed by atoms with Crippen molar-refractivity contribution in [3.05, 3.63) is 35.9 Å². The van der Waals surface area contributed by atoms with Crippen LogP contribution in [0.1, 0.15) is 26.3 Å². The Labute approximate surface area is 91.0 Å². The second-order valence-electron chi connectivity index (χ2n) is 3.74. The molecule has 1 rings (SSSR count). The fourth-order valence-electron chi connectivity index (χ4n) is 1.42. The summed E-state index contributed by atoms with van der Waals surface area (Å²) < 4.78 is 0. The Morgan fingerprint density at radius 3 is 2.67 bits per heavy atom. The molecule has 0 spiro atoms. The summed E-state index contributed by atoms with van der Waals surface area (Å²) >= 11 is 0. The van der Waals surface area contributed by atoms with Gasteiger partial charge in [0.2, 0.25) is 0 Å². The van der Waals surface area contributed by atoms with Gasteiger partial charge in [-0.05, 0) is 38.5 Å². The number of nitrogens with one attached hydrogen (secondary N) is 1. The number of benzene rings is 1. The maximum Gasteiger partial charge on any atom is 0.150 e. The van der Waals surface area contributed by atoms with Crippen LogP contribution in [0.5, 0.6) is 0 Å². The Balaban J connectivity index is 2.96. The molecule has 2 heteroatoms. The summed E-state index contributed by atoms with van der Waals surface area (Å²) in [6.45, 7) is 6.04. The van der Waals surface area contributed by atoms with Crippen LogP contribution in [0.4, 0.5) is 5.69 Å². The number of carbonyl (C=O) groups excluding carboxylic acids is 1. The molecule has 0 bridgehead atoms. The van der Waals surface area contributed by atoms with E-state index in [4.69, 9.17) is 0 Å². The first-order valence-electron chi connectivity index (χ1n) is 5.16. The maximum atomic E-state index is 10.8. The van der Waals surface area contributed by atoms with Gasteiger partial charge < -0.3 is 5.32 Å². The number of hydrogen-bond donors (Lipinski definition) is 1. The topological polar surface area (TPSA) is 29.1 Å². The van der Waals surface area contributed by atoms with Crippen molar-refractivity contribution >= 4 is 17.5 Å². The molecule has 0 saturated carbocycles. The Bertz CT molecular complexity index is 367. The SMILES string of the molecule is C/C=C(/C=O)c1cccc(NC(C)C)c1. The molecule has 0 unspecified atom stereocenters. The van der Waals surface area contributed by atoms with Gasteiger partial charge >= 0.3 is 0 Å².